The number of aryl methyl sites for hydroxylation is 2. The van der Waals surface area contributed by atoms with Gasteiger partial charge in [0.2, 0.25) is 10.0 Å². The van der Waals surface area contributed by atoms with Crippen LogP contribution in [0.25, 0.3) is 11.1 Å². The molecule has 1 N–H and O–H groups in total. The Kier molecular flexibility index (Phi) is 7.93. The molecule has 43 heavy (non-hydrogen) atoms. The molecule has 3 aromatic rings. The number of nitrogens with zero attached hydrogens (tertiary/aromatic N) is 5. The van der Waals surface area contributed by atoms with Gasteiger partial charge in [-0.2, -0.15) is 5.10 Å². The second-order valence-electron chi connectivity index (χ2n) is 11.9. The highest BCUT2D eigenvalue weighted by Gasteiger charge is 2.32. The van der Waals surface area contributed by atoms with Crippen LogP contribution < -0.4 is 10.2 Å². The van der Waals surface area contributed by atoms with Gasteiger partial charge in [0.1, 0.15) is 0 Å². The number of hydrogen-bond donors (Lipinski definition) is 1. The van der Waals surface area contributed by atoms with E-state index in [0.717, 1.165) is 59.3 Å². The van der Waals surface area contributed by atoms with Gasteiger partial charge in [0.25, 0.3) is 6.43 Å². The molecule has 3 aliphatic heterocycles. The Morgan fingerprint density at radius 2 is 1.79 bits per heavy atom. The van der Waals surface area contributed by atoms with Crippen LogP contribution in [-0.4, -0.2) is 72.9 Å². The minimum Gasteiger partial charge on any atom is -0.341 e. The normalized spacial score (nSPS) is 18.1. The Morgan fingerprint density at radius 3 is 2.44 bits per heavy atom. The quantitative estimate of drug-likeness (QED) is 0.441. The smallest absolute Gasteiger partial charge is 0.317 e. The van der Waals surface area contributed by atoms with Crippen molar-refractivity contribution < 1.29 is 22.0 Å². The predicted molar refractivity (Wildman–Crippen MR) is 162 cm³/mol. The fourth-order valence-corrected chi connectivity index (χ4v) is 7.76. The van der Waals surface area contributed by atoms with Crippen LogP contribution in [0.5, 0.6) is 0 Å². The van der Waals surface area contributed by atoms with Gasteiger partial charge in [-0.1, -0.05) is 6.07 Å². The van der Waals surface area contributed by atoms with E-state index in [1.54, 1.807) is 42.1 Å². The average molecular weight is 613 g/mol. The van der Waals surface area contributed by atoms with Crippen LogP contribution >= 0.6 is 0 Å². The number of benzene rings is 2. The number of urea groups is 1. The van der Waals surface area contributed by atoms with Gasteiger partial charge < -0.3 is 15.1 Å². The maximum absolute atomic E-state index is 14.6. The molecule has 2 amide bonds. The summed E-state index contributed by atoms with van der Waals surface area (Å²) in [7, 11) is 0.155. The van der Waals surface area contributed by atoms with Crippen molar-refractivity contribution in [1.29, 1.82) is 0 Å². The lowest BCUT2D eigenvalue weighted by molar-refractivity contribution is 0.152. The van der Waals surface area contributed by atoms with Gasteiger partial charge in [0, 0.05) is 75.5 Å². The topological polar surface area (TPSA) is 90.8 Å². The van der Waals surface area contributed by atoms with E-state index in [-0.39, 0.29) is 17.5 Å². The number of aromatic nitrogens is 2. The van der Waals surface area contributed by atoms with Crippen molar-refractivity contribution in [3.63, 3.8) is 0 Å². The third-order valence-corrected chi connectivity index (χ3v) is 10.5. The molecule has 230 valence electrons. The number of hydrogen-bond acceptors (Lipinski definition) is 5. The van der Waals surface area contributed by atoms with Crippen LogP contribution in [0, 0.1) is 0 Å². The maximum Gasteiger partial charge on any atom is 0.317 e. The summed E-state index contributed by atoms with van der Waals surface area (Å²) in [5.74, 6) is 0.188. The van der Waals surface area contributed by atoms with Gasteiger partial charge in [0.05, 0.1) is 12.5 Å². The molecule has 1 aromatic heterocycles. The number of carbonyl (C=O) groups is 1. The Bertz CT molecular complexity index is 1650. The van der Waals surface area contributed by atoms with Gasteiger partial charge in [-0.05, 0) is 84.0 Å². The lowest BCUT2D eigenvalue weighted by Crippen LogP contribution is -2.42. The van der Waals surface area contributed by atoms with Crippen molar-refractivity contribution in [2.75, 3.05) is 44.4 Å². The Morgan fingerprint density at radius 1 is 1.02 bits per heavy atom. The number of amides is 2. The van der Waals surface area contributed by atoms with E-state index < -0.39 is 16.4 Å². The van der Waals surface area contributed by atoms with Crippen LogP contribution in [0.3, 0.4) is 0 Å². The zero-order valence-electron chi connectivity index (χ0n) is 24.8. The van der Waals surface area contributed by atoms with E-state index in [1.807, 2.05) is 6.07 Å². The number of fused-ring (bicyclic) bond motifs is 2. The predicted octanol–water partition coefficient (Wildman–Crippen LogP) is 4.95. The molecule has 0 bridgehead atoms. The van der Waals surface area contributed by atoms with E-state index in [2.05, 4.69) is 27.4 Å². The van der Waals surface area contributed by atoms with Crippen LogP contribution in [0.4, 0.5) is 25.0 Å². The number of rotatable bonds is 5. The van der Waals surface area contributed by atoms with Crippen molar-refractivity contribution in [3.05, 3.63) is 64.5 Å². The minimum atomic E-state index is -3.24. The standard InChI is InChI=1S/C31H38F2N6O3S/c1-34-31(40)37-10-6-21-13-23(20-7-11-38(12-8-20)43(3,41)42)15-29(27(21)19-37)39-9-4-5-22-14-25(24-17-35-36(2)18-24)26(30(32)33)16-28(22)39/h13-18,20,30H,4-12,19H2,1-3H3,(H,34,40). The molecule has 6 rings (SSSR count). The second-order valence-corrected chi connectivity index (χ2v) is 13.8. The first kappa shape index (κ1) is 29.6. The number of carbonyl (C=O) groups excluding carboxylic acids is 1. The summed E-state index contributed by atoms with van der Waals surface area (Å²) in [5.41, 5.74) is 7.21. The molecule has 1 saturated heterocycles. The van der Waals surface area contributed by atoms with Gasteiger partial charge in [-0.15, -0.1) is 0 Å². The van der Waals surface area contributed by atoms with Crippen molar-refractivity contribution in [2.45, 2.75) is 51.0 Å². The fraction of sp³-hybridized carbons (Fsp3) is 0.484. The van der Waals surface area contributed by atoms with Gasteiger partial charge in [0.15, 0.2) is 0 Å². The molecule has 0 aliphatic carbocycles. The molecular weight excluding hydrogens is 574 g/mol. The van der Waals surface area contributed by atoms with Crippen molar-refractivity contribution >= 4 is 27.4 Å². The van der Waals surface area contributed by atoms with E-state index in [4.69, 9.17) is 0 Å². The molecule has 3 aliphatic rings. The monoisotopic (exact) mass is 612 g/mol. The first-order valence-electron chi connectivity index (χ1n) is 14.8. The van der Waals surface area contributed by atoms with Crippen LogP contribution in [-0.2, 0) is 36.5 Å². The van der Waals surface area contributed by atoms with E-state index in [9.17, 15) is 22.0 Å². The first-order chi connectivity index (χ1) is 20.5. The summed E-state index contributed by atoms with van der Waals surface area (Å²) in [4.78, 5) is 16.6. The summed E-state index contributed by atoms with van der Waals surface area (Å²) in [6.07, 6.45) is 5.74. The third-order valence-electron chi connectivity index (χ3n) is 9.15. The van der Waals surface area contributed by atoms with Gasteiger partial charge in [-0.3, -0.25) is 4.68 Å². The maximum atomic E-state index is 14.6. The van der Waals surface area contributed by atoms with E-state index in [1.165, 1.54) is 10.6 Å². The van der Waals surface area contributed by atoms with Crippen molar-refractivity contribution in [3.8, 4) is 11.1 Å². The average Bonchev–Trinajstić information content (AvgIpc) is 3.44. The van der Waals surface area contributed by atoms with Crippen molar-refractivity contribution in [2.24, 2.45) is 7.05 Å². The number of sulfonamides is 1. The Hall–Kier alpha value is -3.51. The molecule has 12 heteroatoms. The lowest BCUT2D eigenvalue weighted by Gasteiger charge is -2.38. The zero-order chi connectivity index (χ0) is 30.5. The minimum absolute atomic E-state index is 0.0243. The highest BCUT2D eigenvalue weighted by molar-refractivity contribution is 7.88. The molecule has 0 atom stereocenters. The molecule has 0 radical (unpaired) electrons. The fourth-order valence-electron chi connectivity index (χ4n) is 6.89. The number of nitrogens with one attached hydrogen (secondary N) is 1. The highest BCUT2D eigenvalue weighted by atomic mass is 32.2. The SMILES string of the molecule is CNC(=O)N1CCc2cc(C3CCN(S(C)(=O)=O)CC3)cc(N3CCCc4cc(-c5cnn(C)c5)c(C(F)F)cc43)c2C1. The lowest BCUT2D eigenvalue weighted by atomic mass is 9.85. The summed E-state index contributed by atoms with van der Waals surface area (Å²) in [6.45, 7) is 2.63. The van der Waals surface area contributed by atoms with Gasteiger partial charge >= 0.3 is 6.03 Å². The molecule has 4 heterocycles. The second kappa shape index (κ2) is 11.5. The van der Waals surface area contributed by atoms with Gasteiger partial charge in [-0.25, -0.2) is 26.3 Å². The molecule has 0 unspecified atom stereocenters. The van der Waals surface area contributed by atoms with Crippen molar-refractivity contribution in [1.82, 2.24) is 24.3 Å². The molecule has 1 fully saturated rings. The summed E-state index contributed by atoms with van der Waals surface area (Å²) in [6, 6.07) is 7.79. The summed E-state index contributed by atoms with van der Waals surface area (Å²) < 4.78 is 56.5. The molecule has 2 aromatic carbocycles. The highest BCUT2D eigenvalue weighted by Crippen LogP contribution is 2.45. The number of piperidine rings is 1. The molecular formula is C31H38F2N6O3S. The zero-order valence-corrected chi connectivity index (χ0v) is 25.6. The summed E-state index contributed by atoms with van der Waals surface area (Å²) >= 11 is 0. The Labute approximate surface area is 251 Å². The third kappa shape index (κ3) is 5.74. The summed E-state index contributed by atoms with van der Waals surface area (Å²) in [5, 5.41) is 6.94. The first-order valence-corrected chi connectivity index (χ1v) is 16.7. The van der Waals surface area contributed by atoms with Crippen LogP contribution in [0.1, 0.15) is 59.4 Å². The Balaban J connectivity index is 1.44. The van der Waals surface area contributed by atoms with Crippen LogP contribution in [0.2, 0.25) is 0 Å². The van der Waals surface area contributed by atoms with Crippen LogP contribution in [0.15, 0.2) is 36.7 Å². The molecule has 0 saturated carbocycles. The number of halogens is 2. The molecule has 9 nitrogen and oxygen atoms in total. The number of anilines is 2. The largest absolute Gasteiger partial charge is 0.341 e. The number of alkyl halides is 2. The van der Waals surface area contributed by atoms with E-state index in [0.29, 0.717) is 50.3 Å². The molecule has 0 spiro atoms. The van der Waals surface area contributed by atoms with E-state index >= 15 is 0 Å².